The number of nitrogens with zero attached hydrogens (tertiary/aromatic N) is 4. The fourth-order valence-electron chi connectivity index (χ4n) is 3.27. The van der Waals surface area contributed by atoms with Crippen LogP contribution in [0.25, 0.3) is 0 Å². The standard InChI is InChI=1S/C20H27ClN4O2/c1-16(15-25-8-7-17(2)22-25)20(26)24-11-9-23(10-12-24)13-14-27-19-6-4-3-5-18(19)21/h3-8,16H,9-15H2,1-2H3. The number of piperazine rings is 1. The first-order valence-corrected chi connectivity index (χ1v) is 9.79. The summed E-state index contributed by atoms with van der Waals surface area (Å²) < 4.78 is 7.60. The number of carbonyl (C=O) groups excluding carboxylic acids is 1. The SMILES string of the molecule is Cc1ccn(CC(C)C(=O)N2CCN(CCOc3ccccc3Cl)CC2)n1. The van der Waals surface area contributed by atoms with Crippen LogP contribution in [0.5, 0.6) is 5.75 Å². The predicted molar refractivity (Wildman–Crippen MR) is 106 cm³/mol. The second kappa shape index (κ2) is 9.24. The minimum atomic E-state index is -0.0700. The first-order valence-electron chi connectivity index (χ1n) is 9.41. The summed E-state index contributed by atoms with van der Waals surface area (Å²) in [6.45, 7) is 9.22. The monoisotopic (exact) mass is 390 g/mol. The molecule has 2 heterocycles. The topological polar surface area (TPSA) is 50.6 Å². The number of ether oxygens (including phenoxy) is 1. The van der Waals surface area contributed by atoms with Crippen LogP contribution in [0, 0.1) is 12.8 Å². The van der Waals surface area contributed by atoms with E-state index in [1.165, 1.54) is 0 Å². The third-order valence-electron chi connectivity index (χ3n) is 4.84. The summed E-state index contributed by atoms with van der Waals surface area (Å²) in [5, 5.41) is 5.00. The number of rotatable bonds is 7. The predicted octanol–water partition coefficient (Wildman–Crippen LogP) is 2.70. The lowest BCUT2D eigenvalue weighted by atomic mass is 10.1. The van der Waals surface area contributed by atoms with Gasteiger partial charge in [0.1, 0.15) is 12.4 Å². The molecule has 146 valence electrons. The molecule has 0 N–H and O–H groups in total. The van der Waals surface area contributed by atoms with Gasteiger partial charge in [0, 0.05) is 38.9 Å². The number of aromatic nitrogens is 2. The van der Waals surface area contributed by atoms with Crippen LogP contribution in [0.2, 0.25) is 5.02 Å². The van der Waals surface area contributed by atoms with Gasteiger partial charge in [-0.25, -0.2) is 0 Å². The zero-order valence-electron chi connectivity index (χ0n) is 16.0. The molecule has 7 heteroatoms. The second-order valence-corrected chi connectivity index (χ2v) is 7.43. The molecule has 1 unspecified atom stereocenters. The maximum atomic E-state index is 12.7. The highest BCUT2D eigenvalue weighted by Crippen LogP contribution is 2.23. The summed E-state index contributed by atoms with van der Waals surface area (Å²) in [5.74, 6) is 0.852. The molecule has 3 rings (SSSR count). The molecular formula is C20H27ClN4O2. The van der Waals surface area contributed by atoms with Crippen molar-refractivity contribution in [1.82, 2.24) is 19.6 Å². The van der Waals surface area contributed by atoms with Gasteiger partial charge in [0.05, 0.1) is 23.2 Å². The van der Waals surface area contributed by atoms with E-state index >= 15 is 0 Å². The van der Waals surface area contributed by atoms with Crippen LogP contribution in [0.15, 0.2) is 36.5 Å². The molecule has 0 saturated carbocycles. The molecule has 1 aliphatic rings. The quantitative estimate of drug-likeness (QED) is 0.729. The van der Waals surface area contributed by atoms with E-state index in [0.29, 0.717) is 18.2 Å². The van der Waals surface area contributed by atoms with Crippen molar-refractivity contribution < 1.29 is 9.53 Å². The summed E-state index contributed by atoms with van der Waals surface area (Å²) in [7, 11) is 0. The van der Waals surface area contributed by atoms with Gasteiger partial charge in [0.15, 0.2) is 0 Å². The van der Waals surface area contributed by atoms with E-state index in [4.69, 9.17) is 16.3 Å². The molecule has 27 heavy (non-hydrogen) atoms. The summed E-state index contributed by atoms with van der Waals surface area (Å²) in [6.07, 6.45) is 1.93. The van der Waals surface area contributed by atoms with E-state index in [9.17, 15) is 4.79 Å². The Morgan fingerprint density at radius 3 is 2.63 bits per heavy atom. The van der Waals surface area contributed by atoms with Crippen molar-refractivity contribution in [2.24, 2.45) is 5.92 Å². The van der Waals surface area contributed by atoms with Crippen LogP contribution in [-0.4, -0.2) is 64.8 Å². The van der Waals surface area contributed by atoms with Crippen LogP contribution in [0.1, 0.15) is 12.6 Å². The molecule has 1 atom stereocenters. The number of halogens is 1. The Hall–Kier alpha value is -2.05. The smallest absolute Gasteiger partial charge is 0.227 e. The number of benzene rings is 1. The van der Waals surface area contributed by atoms with Crippen molar-refractivity contribution in [2.45, 2.75) is 20.4 Å². The molecule has 1 amide bonds. The lowest BCUT2D eigenvalue weighted by Gasteiger charge is -2.35. The zero-order valence-corrected chi connectivity index (χ0v) is 16.7. The van der Waals surface area contributed by atoms with Crippen LogP contribution < -0.4 is 4.74 Å². The number of aryl methyl sites for hydroxylation is 1. The molecule has 1 aliphatic heterocycles. The Labute approximate surface area is 165 Å². The van der Waals surface area contributed by atoms with Crippen molar-refractivity contribution in [1.29, 1.82) is 0 Å². The fraction of sp³-hybridized carbons (Fsp3) is 0.500. The molecule has 0 spiro atoms. The Morgan fingerprint density at radius 1 is 1.22 bits per heavy atom. The van der Waals surface area contributed by atoms with E-state index in [-0.39, 0.29) is 11.8 Å². The largest absolute Gasteiger partial charge is 0.491 e. The molecule has 1 saturated heterocycles. The van der Waals surface area contributed by atoms with Crippen molar-refractivity contribution >= 4 is 17.5 Å². The van der Waals surface area contributed by atoms with Crippen molar-refractivity contribution in [3.8, 4) is 5.75 Å². The van der Waals surface area contributed by atoms with Gasteiger partial charge in [0.2, 0.25) is 5.91 Å². The van der Waals surface area contributed by atoms with Gasteiger partial charge in [-0.15, -0.1) is 0 Å². The maximum Gasteiger partial charge on any atom is 0.227 e. The summed E-state index contributed by atoms with van der Waals surface area (Å²) >= 11 is 6.10. The van der Waals surface area contributed by atoms with Gasteiger partial charge in [-0.3, -0.25) is 14.4 Å². The first-order chi connectivity index (χ1) is 13.0. The number of hydrogen-bond acceptors (Lipinski definition) is 4. The molecule has 0 aliphatic carbocycles. The lowest BCUT2D eigenvalue weighted by molar-refractivity contribution is -0.137. The van der Waals surface area contributed by atoms with Crippen LogP contribution >= 0.6 is 11.6 Å². The van der Waals surface area contributed by atoms with Gasteiger partial charge in [0.25, 0.3) is 0 Å². The van der Waals surface area contributed by atoms with Gasteiger partial charge >= 0.3 is 0 Å². The summed E-state index contributed by atoms with van der Waals surface area (Å²) in [4.78, 5) is 17.0. The van der Waals surface area contributed by atoms with E-state index in [1.54, 1.807) is 0 Å². The molecule has 1 fully saturated rings. The summed E-state index contributed by atoms with van der Waals surface area (Å²) in [6, 6.07) is 9.46. The third-order valence-corrected chi connectivity index (χ3v) is 5.15. The van der Waals surface area contributed by atoms with Gasteiger partial charge < -0.3 is 9.64 Å². The van der Waals surface area contributed by atoms with Crippen LogP contribution in [0.4, 0.5) is 0 Å². The van der Waals surface area contributed by atoms with E-state index < -0.39 is 0 Å². The fourth-order valence-corrected chi connectivity index (χ4v) is 3.46. The number of para-hydroxylation sites is 1. The van der Waals surface area contributed by atoms with Gasteiger partial charge in [-0.2, -0.15) is 5.10 Å². The Balaban J connectivity index is 1.39. The Kier molecular flexibility index (Phi) is 6.74. The molecule has 2 aromatic rings. The van der Waals surface area contributed by atoms with Crippen molar-refractivity contribution in [3.63, 3.8) is 0 Å². The number of carbonyl (C=O) groups is 1. The highest BCUT2D eigenvalue weighted by molar-refractivity contribution is 6.32. The van der Waals surface area contributed by atoms with Gasteiger partial charge in [-0.05, 0) is 25.1 Å². The molecule has 6 nitrogen and oxygen atoms in total. The van der Waals surface area contributed by atoms with E-state index in [1.807, 2.05) is 60.0 Å². The lowest BCUT2D eigenvalue weighted by Crippen LogP contribution is -2.51. The minimum Gasteiger partial charge on any atom is -0.491 e. The first kappa shape index (κ1) is 19.7. The highest BCUT2D eigenvalue weighted by atomic mass is 35.5. The molecule has 0 radical (unpaired) electrons. The molecule has 1 aromatic carbocycles. The van der Waals surface area contributed by atoms with E-state index in [2.05, 4.69) is 10.00 Å². The zero-order chi connectivity index (χ0) is 19.2. The normalized spacial score (nSPS) is 16.3. The maximum absolute atomic E-state index is 12.7. The van der Waals surface area contributed by atoms with Crippen LogP contribution in [-0.2, 0) is 11.3 Å². The molecular weight excluding hydrogens is 364 g/mol. The Bertz CT molecular complexity index is 756. The molecule has 0 bridgehead atoms. The number of hydrogen-bond donors (Lipinski definition) is 0. The minimum absolute atomic E-state index is 0.0700. The van der Waals surface area contributed by atoms with Crippen molar-refractivity contribution in [3.05, 3.63) is 47.2 Å². The summed E-state index contributed by atoms with van der Waals surface area (Å²) in [5.41, 5.74) is 0.974. The Morgan fingerprint density at radius 2 is 1.96 bits per heavy atom. The van der Waals surface area contributed by atoms with E-state index in [0.717, 1.165) is 44.2 Å². The van der Waals surface area contributed by atoms with Gasteiger partial charge in [-0.1, -0.05) is 30.7 Å². The molecule has 1 aromatic heterocycles. The average Bonchev–Trinajstić information content (AvgIpc) is 3.08. The third kappa shape index (κ3) is 5.47. The second-order valence-electron chi connectivity index (χ2n) is 7.03. The van der Waals surface area contributed by atoms with Crippen LogP contribution in [0.3, 0.4) is 0 Å². The van der Waals surface area contributed by atoms with Crippen molar-refractivity contribution in [2.75, 3.05) is 39.3 Å². The average molecular weight is 391 g/mol. The number of amides is 1. The highest BCUT2D eigenvalue weighted by Gasteiger charge is 2.25.